The molecule has 2 aliphatic rings. The molecular weight excluding hydrogens is 316 g/mol. The van der Waals surface area contributed by atoms with E-state index >= 15 is 0 Å². The Kier molecular flexibility index (Phi) is 4.84. The summed E-state index contributed by atoms with van der Waals surface area (Å²) in [6, 6.07) is 17.7. The zero-order valence-corrected chi connectivity index (χ0v) is 16.1. The molecule has 4 rings (SSSR count). The molecule has 2 nitrogen and oxygen atoms in total. The van der Waals surface area contributed by atoms with E-state index in [1.807, 2.05) is 0 Å². The van der Waals surface area contributed by atoms with Gasteiger partial charge in [0.2, 0.25) is 0 Å². The first-order chi connectivity index (χ1) is 12.7. The summed E-state index contributed by atoms with van der Waals surface area (Å²) in [5.74, 6) is 1.81. The minimum atomic E-state index is 0.227. The summed E-state index contributed by atoms with van der Waals surface area (Å²) in [5.41, 5.74) is 5.63. The van der Waals surface area contributed by atoms with Gasteiger partial charge in [-0.2, -0.15) is 0 Å². The van der Waals surface area contributed by atoms with Crippen LogP contribution in [0.3, 0.4) is 0 Å². The van der Waals surface area contributed by atoms with Gasteiger partial charge in [-0.15, -0.1) is 0 Å². The van der Waals surface area contributed by atoms with Gasteiger partial charge >= 0.3 is 0 Å². The van der Waals surface area contributed by atoms with Crippen molar-refractivity contribution in [3.63, 3.8) is 0 Å². The summed E-state index contributed by atoms with van der Waals surface area (Å²) in [7, 11) is 0. The highest BCUT2D eigenvalue weighted by atomic mass is 15.0. The first kappa shape index (κ1) is 17.3. The standard InChI is InChI=1S/C24H30N2/c1-18(2)20-12-10-19(11-13-20)17-25-23-24(14-6-3-7-15-24)16-21-8-4-5-9-22(21)26-23/h4-5,8-13,18H,3,6-7,14-17H2,1-2H3,(H,25,26). The molecular formula is C24H30N2. The summed E-state index contributed by atoms with van der Waals surface area (Å²) in [6.45, 7) is 5.25. The van der Waals surface area contributed by atoms with Crippen molar-refractivity contribution >= 4 is 11.5 Å². The maximum atomic E-state index is 5.11. The SMILES string of the molecule is CC(C)c1ccc(CN=C2Nc3ccccc3CC23CCCCC3)cc1. The van der Waals surface area contributed by atoms with Crippen molar-refractivity contribution in [1.29, 1.82) is 0 Å². The molecule has 1 aliphatic carbocycles. The molecule has 2 heteroatoms. The number of aliphatic imine (C=N–C) groups is 1. The third kappa shape index (κ3) is 3.42. The van der Waals surface area contributed by atoms with E-state index in [4.69, 9.17) is 4.99 Å². The Hall–Kier alpha value is -2.09. The monoisotopic (exact) mass is 346 g/mol. The molecule has 0 radical (unpaired) electrons. The molecule has 26 heavy (non-hydrogen) atoms. The lowest BCUT2D eigenvalue weighted by molar-refractivity contribution is 0.278. The molecule has 0 aromatic heterocycles. The van der Waals surface area contributed by atoms with E-state index in [0.717, 1.165) is 13.0 Å². The van der Waals surface area contributed by atoms with Crippen LogP contribution in [0.1, 0.15) is 68.6 Å². The number of hydrogen-bond acceptors (Lipinski definition) is 1. The summed E-state index contributed by atoms with van der Waals surface area (Å²) in [6.07, 6.45) is 7.69. The fraction of sp³-hybridized carbons (Fsp3) is 0.458. The number of nitrogens with one attached hydrogen (secondary N) is 1. The highest BCUT2D eigenvalue weighted by Gasteiger charge is 2.40. The minimum absolute atomic E-state index is 0.227. The molecule has 0 saturated heterocycles. The predicted molar refractivity (Wildman–Crippen MR) is 111 cm³/mol. The van der Waals surface area contributed by atoms with Crippen LogP contribution in [-0.2, 0) is 13.0 Å². The van der Waals surface area contributed by atoms with Crippen LogP contribution in [0.4, 0.5) is 5.69 Å². The number of benzene rings is 2. The maximum Gasteiger partial charge on any atom is 0.108 e. The molecule has 1 saturated carbocycles. The van der Waals surface area contributed by atoms with Crippen molar-refractivity contribution in [3.05, 3.63) is 65.2 Å². The molecule has 0 unspecified atom stereocenters. The highest BCUT2D eigenvalue weighted by Crippen LogP contribution is 2.45. The largest absolute Gasteiger partial charge is 0.343 e. The van der Waals surface area contributed by atoms with E-state index < -0.39 is 0 Å². The molecule has 1 aliphatic heterocycles. The van der Waals surface area contributed by atoms with E-state index in [1.165, 1.54) is 60.3 Å². The first-order valence-electron chi connectivity index (χ1n) is 10.1. The van der Waals surface area contributed by atoms with Crippen molar-refractivity contribution in [2.75, 3.05) is 5.32 Å². The second-order valence-electron chi connectivity index (χ2n) is 8.36. The number of fused-ring (bicyclic) bond motifs is 1. The fourth-order valence-corrected chi connectivity index (χ4v) is 4.53. The summed E-state index contributed by atoms with van der Waals surface area (Å²) in [4.78, 5) is 5.11. The van der Waals surface area contributed by atoms with E-state index in [1.54, 1.807) is 0 Å². The van der Waals surface area contributed by atoms with Gasteiger partial charge in [-0.05, 0) is 47.9 Å². The van der Waals surface area contributed by atoms with Crippen molar-refractivity contribution in [2.45, 2.75) is 64.8 Å². The molecule has 136 valence electrons. The third-order valence-electron chi connectivity index (χ3n) is 6.18. The van der Waals surface area contributed by atoms with Crippen LogP contribution in [0.15, 0.2) is 53.5 Å². The summed E-state index contributed by atoms with van der Waals surface area (Å²) in [5, 5.41) is 3.71. The van der Waals surface area contributed by atoms with Crippen LogP contribution in [0.25, 0.3) is 0 Å². The lowest BCUT2D eigenvalue weighted by atomic mass is 9.67. The second kappa shape index (κ2) is 7.26. The van der Waals surface area contributed by atoms with Gasteiger partial charge in [0.25, 0.3) is 0 Å². The van der Waals surface area contributed by atoms with Crippen molar-refractivity contribution in [1.82, 2.24) is 0 Å². The van der Waals surface area contributed by atoms with E-state index in [0.29, 0.717) is 5.92 Å². The van der Waals surface area contributed by atoms with E-state index in [9.17, 15) is 0 Å². The number of amidine groups is 1. The Labute approximate surface area is 157 Å². The van der Waals surface area contributed by atoms with Crippen LogP contribution in [0.2, 0.25) is 0 Å². The zero-order valence-electron chi connectivity index (χ0n) is 16.1. The van der Waals surface area contributed by atoms with Crippen molar-refractivity contribution < 1.29 is 0 Å². The van der Waals surface area contributed by atoms with Gasteiger partial charge in [0.05, 0.1) is 6.54 Å². The Balaban J connectivity index is 1.60. The third-order valence-corrected chi connectivity index (χ3v) is 6.18. The van der Waals surface area contributed by atoms with Crippen LogP contribution in [0, 0.1) is 5.41 Å². The van der Waals surface area contributed by atoms with Crippen LogP contribution in [-0.4, -0.2) is 5.84 Å². The van der Waals surface area contributed by atoms with Gasteiger partial charge < -0.3 is 5.32 Å². The Morgan fingerprint density at radius 2 is 1.69 bits per heavy atom. The van der Waals surface area contributed by atoms with E-state index in [-0.39, 0.29) is 5.41 Å². The van der Waals surface area contributed by atoms with Crippen LogP contribution in [0.5, 0.6) is 0 Å². The molecule has 0 amide bonds. The van der Waals surface area contributed by atoms with Gasteiger partial charge in [-0.25, -0.2) is 0 Å². The molecule has 0 atom stereocenters. The Bertz CT molecular complexity index is 780. The molecule has 0 bridgehead atoms. The number of nitrogens with zero attached hydrogens (tertiary/aromatic N) is 1. The van der Waals surface area contributed by atoms with Gasteiger partial charge in [0.15, 0.2) is 0 Å². The molecule has 2 aromatic rings. The average Bonchev–Trinajstić information content (AvgIpc) is 2.67. The van der Waals surface area contributed by atoms with Gasteiger partial charge in [-0.1, -0.05) is 75.6 Å². The fourth-order valence-electron chi connectivity index (χ4n) is 4.53. The number of anilines is 1. The second-order valence-corrected chi connectivity index (χ2v) is 8.36. The molecule has 1 fully saturated rings. The number of rotatable bonds is 3. The quantitative estimate of drug-likeness (QED) is 0.690. The number of para-hydroxylation sites is 1. The van der Waals surface area contributed by atoms with Crippen molar-refractivity contribution in [3.8, 4) is 0 Å². The summed E-state index contributed by atoms with van der Waals surface area (Å²) < 4.78 is 0. The lowest BCUT2D eigenvalue weighted by Gasteiger charge is -2.42. The molecule has 1 N–H and O–H groups in total. The topological polar surface area (TPSA) is 24.4 Å². The van der Waals surface area contributed by atoms with Crippen LogP contribution < -0.4 is 5.32 Å². The maximum absolute atomic E-state index is 5.11. The lowest BCUT2D eigenvalue weighted by Crippen LogP contribution is -2.43. The van der Waals surface area contributed by atoms with Gasteiger partial charge in [-0.3, -0.25) is 4.99 Å². The normalized spacial score (nSPS) is 20.2. The average molecular weight is 347 g/mol. The number of hydrogen-bond donors (Lipinski definition) is 1. The van der Waals surface area contributed by atoms with Gasteiger partial charge in [0.1, 0.15) is 5.84 Å². The molecule has 2 aromatic carbocycles. The Morgan fingerprint density at radius 1 is 0.962 bits per heavy atom. The van der Waals surface area contributed by atoms with Crippen molar-refractivity contribution in [2.24, 2.45) is 10.4 Å². The highest BCUT2D eigenvalue weighted by molar-refractivity contribution is 6.02. The molecule has 1 heterocycles. The summed E-state index contributed by atoms with van der Waals surface area (Å²) >= 11 is 0. The Morgan fingerprint density at radius 3 is 2.42 bits per heavy atom. The van der Waals surface area contributed by atoms with Crippen LogP contribution >= 0.6 is 0 Å². The predicted octanol–water partition coefficient (Wildman–Crippen LogP) is 6.33. The first-order valence-corrected chi connectivity index (χ1v) is 10.1. The minimum Gasteiger partial charge on any atom is -0.343 e. The van der Waals surface area contributed by atoms with Gasteiger partial charge in [0, 0.05) is 11.1 Å². The zero-order chi connectivity index (χ0) is 18.0. The van der Waals surface area contributed by atoms with E-state index in [2.05, 4.69) is 67.7 Å². The molecule has 1 spiro atoms. The smallest absolute Gasteiger partial charge is 0.108 e.